The molecule has 0 heteroatoms. The molecule has 2 aliphatic carbocycles. The molecule has 0 heterocycles. The predicted octanol–water partition coefficient (Wildman–Crippen LogP) is 17.5. The summed E-state index contributed by atoms with van der Waals surface area (Å²) in [6.07, 6.45) is 20.4. The first-order chi connectivity index (χ1) is 23.0. The molecule has 2 aliphatic rings. The number of unbranched alkanes of at least 4 members (excludes halogenated alkanes) is 1. The van der Waals surface area contributed by atoms with E-state index in [1.807, 2.05) is 13.8 Å². The van der Waals surface area contributed by atoms with Gasteiger partial charge in [0, 0.05) is 0 Å². The molecule has 2 fully saturated rings. The minimum Gasteiger partial charge on any atom is -0.0888 e. The Hall–Kier alpha value is -1.04. The van der Waals surface area contributed by atoms with Gasteiger partial charge in [0.1, 0.15) is 0 Å². The first kappa shape index (κ1) is 51.1. The topological polar surface area (TPSA) is 0 Å². The van der Waals surface area contributed by atoms with Crippen LogP contribution in [0.15, 0.2) is 42.5 Å². The third-order valence-corrected chi connectivity index (χ3v) is 12.8. The van der Waals surface area contributed by atoms with Crippen LogP contribution in [0.3, 0.4) is 0 Å². The average molecular weight is 697 g/mol. The van der Waals surface area contributed by atoms with E-state index in [2.05, 4.69) is 167 Å². The van der Waals surface area contributed by atoms with Crippen LogP contribution in [0.1, 0.15) is 215 Å². The second-order valence-electron chi connectivity index (χ2n) is 20.4. The summed E-state index contributed by atoms with van der Waals surface area (Å²) in [5, 5.41) is 0. The van der Waals surface area contributed by atoms with Crippen LogP contribution in [0, 0.1) is 56.7 Å². The fourth-order valence-electron chi connectivity index (χ4n) is 8.05. The van der Waals surface area contributed by atoms with Crippen molar-refractivity contribution in [2.24, 2.45) is 56.7 Å². The number of aryl methyl sites for hydroxylation is 1. The Labute approximate surface area is 319 Å². The molecule has 50 heavy (non-hydrogen) atoms. The highest BCUT2D eigenvalue weighted by molar-refractivity contribution is 5.14. The molecule has 0 N–H and O–H groups in total. The van der Waals surface area contributed by atoms with Gasteiger partial charge in [-0.3, -0.25) is 0 Å². The highest BCUT2D eigenvalue weighted by Gasteiger charge is 2.56. The third-order valence-electron chi connectivity index (χ3n) is 12.8. The molecule has 3 unspecified atom stereocenters. The maximum Gasteiger partial charge on any atom is -0.0279 e. The third kappa shape index (κ3) is 19.7. The van der Waals surface area contributed by atoms with Gasteiger partial charge in [-0.15, -0.1) is 0 Å². The predicted molar refractivity (Wildman–Crippen MR) is 233 cm³/mol. The Bertz CT molecular complexity index is 952. The number of rotatable bonds is 11. The van der Waals surface area contributed by atoms with Gasteiger partial charge >= 0.3 is 0 Å². The molecule has 0 radical (unpaired) electrons. The van der Waals surface area contributed by atoms with Crippen LogP contribution < -0.4 is 0 Å². The maximum atomic E-state index is 2.49. The fourth-order valence-corrected chi connectivity index (χ4v) is 8.05. The molecule has 0 aromatic heterocycles. The minimum absolute atomic E-state index is 0.443. The molecule has 2 bridgehead atoms. The van der Waals surface area contributed by atoms with Gasteiger partial charge in [-0.25, -0.2) is 0 Å². The Morgan fingerprint density at radius 3 is 1.72 bits per heavy atom. The standard InChI is InChI=1S/C14H26.C14H30.C13H20.C7H14.C2H6/c1-9-11-7-10(14(9,5)6)8-12(11)13(2,3)4;1-8-14(7,13(4,5)6)11-9-10-12(2)3;1-13(2,3)11-7-10-12-8-5-4-6-9-12;1-3-5-7-6-4-2;1-2/h9-12H,7-8H2,1-6H3;12H,8-11H2,1-7H3;4-6,8-9H,7,10-11H2,1-3H3;5,7H,3-4,6H2,1-2H3;1-2H3/t9?,10-,11-,12?;;;;/m0..../s1. The summed E-state index contributed by atoms with van der Waals surface area (Å²) in [6, 6.07) is 10.7. The molecule has 0 aliphatic heterocycles. The zero-order chi connectivity index (χ0) is 39.4. The van der Waals surface area contributed by atoms with E-state index in [4.69, 9.17) is 0 Å². The number of fused-ring (bicyclic) bond motifs is 2. The molecule has 0 spiro atoms. The van der Waals surface area contributed by atoms with Gasteiger partial charge in [0.2, 0.25) is 0 Å². The van der Waals surface area contributed by atoms with Crippen LogP contribution in [-0.2, 0) is 6.42 Å². The van der Waals surface area contributed by atoms with E-state index in [-0.39, 0.29) is 0 Å². The van der Waals surface area contributed by atoms with Crippen LogP contribution in [0.4, 0.5) is 0 Å². The highest BCUT2D eigenvalue weighted by Crippen LogP contribution is 2.64. The quantitative estimate of drug-likeness (QED) is 0.202. The zero-order valence-corrected chi connectivity index (χ0v) is 38.4. The molecule has 1 aromatic carbocycles. The van der Waals surface area contributed by atoms with E-state index in [0.29, 0.717) is 27.1 Å². The number of hydrogen-bond acceptors (Lipinski definition) is 0. The molecule has 3 rings (SSSR count). The SMILES string of the molecule is CC.CC(C)(C)CCCc1ccccc1.CC1[C@@H]2C[C@@H](CC2C(C)(C)C)C1(C)C.CCC(C)(CCCC(C)C)C(C)(C)C.CCC=CCCC. The van der Waals surface area contributed by atoms with Crippen LogP contribution in [0.2, 0.25) is 0 Å². The first-order valence-electron chi connectivity index (χ1n) is 21.7. The number of hydrogen-bond donors (Lipinski definition) is 0. The van der Waals surface area contributed by atoms with Crippen molar-refractivity contribution in [3.63, 3.8) is 0 Å². The van der Waals surface area contributed by atoms with Crippen molar-refractivity contribution in [3.05, 3.63) is 48.0 Å². The lowest BCUT2D eigenvalue weighted by Gasteiger charge is -2.44. The minimum atomic E-state index is 0.443. The molecular formula is C50H96. The summed E-state index contributed by atoms with van der Waals surface area (Å²) in [4.78, 5) is 0. The van der Waals surface area contributed by atoms with Crippen molar-refractivity contribution in [1.29, 1.82) is 0 Å². The second kappa shape index (κ2) is 24.3. The summed E-state index contributed by atoms with van der Waals surface area (Å²) >= 11 is 0. The second-order valence-corrected chi connectivity index (χ2v) is 20.4. The summed E-state index contributed by atoms with van der Waals surface area (Å²) in [7, 11) is 0. The highest BCUT2D eigenvalue weighted by atomic mass is 14.6. The van der Waals surface area contributed by atoms with Gasteiger partial charge in [-0.05, 0) is 114 Å². The van der Waals surface area contributed by atoms with Crippen molar-refractivity contribution >= 4 is 0 Å². The van der Waals surface area contributed by atoms with E-state index in [1.165, 1.54) is 82.6 Å². The Morgan fingerprint density at radius 2 is 1.34 bits per heavy atom. The van der Waals surface area contributed by atoms with Gasteiger partial charge in [0.15, 0.2) is 0 Å². The molecule has 296 valence electrons. The van der Waals surface area contributed by atoms with Crippen LogP contribution in [0.5, 0.6) is 0 Å². The monoisotopic (exact) mass is 697 g/mol. The fraction of sp³-hybridized carbons (Fsp3) is 0.840. The maximum absolute atomic E-state index is 2.49. The summed E-state index contributed by atoms with van der Waals surface area (Å²) in [6.45, 7) is 46.6. The van der Waals surface area contributed by atoms with Crippen LogP contribution in [0.25, 0.3) is 0 Å². The van der Waals surface area contributed by atoms with Crippen molar-refractivity contribution in [1.82, 2.24) is 0 Å². The van der Waals surface area contributed by atoms with Gasteiger partial charge < -0.3 is 0 Å². The summed E-state index contributed by atoms with van der Waals surface area (Å²) in [5.41, 5.74) is 4.05. The number of benzene rings is 1. The smallest absolute Gasteiger partial charge is 0.0279 e. The summed E-state index contributed by atoms with van der Waals surface area (Å²) in [5.74, 6) is 4.79. The van der Waals surface area contributed by atoms with E-state index >= 15 is 0 Å². The first-order valence-corrected chi connectivity index (χ1v) is 21.7. The molecule has 0 saturated heterocycles. The lowest BCUT2D eigenvalue weighted by molar-refractivity contribution is 0.0442. The van der Waals surface area contributed by atoms with Gasteiger partial charge in [0.25, 0.3) is 0 Å². The van der Waals surface area contributed by atoms with Gasteiger partial charge in [-0.2, -0.15) is 0 Å². The molecule has 2 saturated carbocycles. The van der Waals surface area contributed by atoms with Crippen molar-refractivity contribution in [3.8, 4) is 0 Å². The van der Waals surface area contributed by atoms with Gasteiger partial charge in [-0.1, -0.05) is 207 Å². The van der Waals surface area contributed by atoms with Crippen LogP contribution in [-0.4, -0.2) is 0 Å². The molecule has 1 aromatic rings. The van der Waals surface area contributed by atoms with Crippen molar-refractivity contribution in [2.45, 2.75) is 216 Å². The van der Waals surface area contributed by atoms with E-state index < -0.39 is 0 Å². The largest absolute Gasteiger partial charge is 0.0888 e. The zero-order valence-electron chi connectivity index (χ0n) is 38.4. The average Bonchev–Trinajstić information content (AvgIpc) is 3.57. The molecule has 0 nitrogen and oxygen atoms in total. The van der Waals surface area contributed by atoms with E-state index in [9.17, 15) is 0 Å². The lowest BCUT2D eigenvalue weighted by Crippen LogP contribution is -2.37. The Morgan fingerprint density at radius 1 is 0.780 bits per heavy atom. The number of allylic oxidation sites excluding steroid dienone is 2. The van der Waals surface area contributed by atoms with E-state index in [1.54, 1.807) is 0 Å². The Kier molecular flexibility index (Phi) is 24.8. The normalized spacial score (nSPS) is 22.3. The van der Waals surface area contributed by atoms with Crippen LogP contribution >= 0.6 is 0 Å². The van der Waals surface area contributed by atoms with Crippen molar-refractivity contribution in [2.75, 3.05) is 0 Å². The lowest BCUT2D eigenvalue weighted by atomic mass is 9.61. The Balaban J connectivity index is 0. The molecular weight excluding hydrogens is 601 g/mol. The van der Waals surface area contributed by atoms with Gasteiger partial charge in [0.05, 0.1) is 0 Å². The molecule has 5 atom stereocenters. The summed E-state index contributed by atoms with van der Waals surface area (Å²) < 4.78 is 0. The molecule has 0 amide bonds. The van der Waals surface area contributed by atoms with Crippen molar-refractivity contribution < 1.29 is 0 Å². The van der Waals surface area contributed by atoms with E-state index in [0.717, 1.165) is 29.6 Å².